The Morgan fingerprint density at radius 1 is 1.18 bits per heavy atom. The largest absolute Gasteiger partial charge is 0.311 e. The van der Waals surface area contributed by atoms with Crippen molar-refractivity contribution >= 4 is 0 Å². The molecule has 0 amide bonds. The third kappa shape index (κ3) is 2.12. The average molecular weight is 240 g/mol. The number of rotatable bonds is 1. The Bertz CT molecular complexity index is 284. The summed E-state index contributed by atoms with van der Waals surface area (Å²) in [4.78, 5) is 2.37. The number of hydrogen-bond acceptors (Lipinski definition) is 2. The first-order valence-electron chi connectivity index (χ1n) is 7.20. The highest BCUT2D eigenvalue weighted by Gasteiger charge is 2.52. The van der Waals surface area contributed by atoms with Crippen molar-refractivity contribution in [3.05, 3.63) is 0 Å². The van der Waals surface area contributed by atoms with E-state index in [2.05, 4.69) is 17.3 Å². The quantitative estimate of drug-likeness (QED) is 0.756. The minimum atomic E-state index is -0.933. The first-order chi connectivity index (χ1) is 8.06. The monoisotopic (exact) mass is 240 g/mol. The van der Waals surface area contributed by atoms with Crippen LogP contribution in [0, 0.1) is 11.8 Å². The van der Waals surface area contributed by atoms with Gasteiger partial charge in [0.05, 0.1) is 0 Å². The molecule has 0 aromatic heterocycles. The summed E-state index contributed by atoms with van der Waals surface area (Å²) in [6, 6.07) is 0.912. The van der Waals surface area contributed by atoms with Crippen LogP contribution in [0.25, 0.3) is 0 Å². The highest BCUT2D eigenvalue weighted by atomic mass is 19.1. The molecule has 0 aromatic rings. The molecule has 3 aliphatic rings. The lowest BCUT2D eigenvalue weighted by Crippen LogP contribution is -2.56. The van der Waals surface area contributed by atoms with Gasteiger partial charge in [0, 0.05) is 18.0 Å². The highest BCUT2D eigenvalue weighted by molar-refractivity contribution is 5.06. The SMILES string of the molecule is CN1CCC(C2C3CCC(CC2(C)F)N3)CC1. The topological polar surface area (TPSA) is 15.3 Å². The van der Waals surface area contributed by atoms with Crippen LogP contribution in [0.5, 0.6) is 0 Å². The highest BCUT2D eigenvalue weighted by Crippen LogP contribution is 2.46. The molecule has 4 unspecified atom stereocenters. The van der Waals surface area contributed by atoms with Gasteiger partial charge in [-0.3, -0.25) is 0 Å². The van der Waals surface area contributed by atoms with Crippen molar-refractivity contribution in [2.75, 3.05) is 20.1 Å². The van der Waals surface area contributed by atoms with Crippen molar-refractivity contribution in [3.8, 4) is 0 Å². The molecule has 3 fully saturated rings. The van der Waals surface area contributed by atoms with Gasteiger partial charge in [-0.25, -0.2) is 4.39 Å². The van der Waals surface area contributed by atoms with Gasteiger partial charge in [-0.2, -0.15) is 0 Å². The van der Waals surface area contributed by atoms with Crippen molar-refractivity contribution in [3.63, 3.8) is 0 Å². The van der Waals surface area contributed by atoms with Crippen molar-refractivity contribution < 1.29 is 4.39 Å². The smallest absolute Gasteiger partial charge is 0.114 e. The van der Waals surface area contributed by atoms with E-state index in [0.29, 0.717) is 18.0 Å². The molecule has 2 bridgehead atoms. The summed E-state index contributed by atoms with van der Waals surface area (Å²) in [6.07, 6.45) is 5.49. The molecule has 0 spiro atoms. The van der Waals surface area contributed by atoms with Crippen molar-refractivity contribution in [2.45, 2.75) is 56.8 Å². The summed E-state index contributed by atoms with van der Waals surface area (Å²) < 4.78 is 14.9. The second kappa shape index (κ2) is 4.20. The normalized spacial score (nSPS) is 48.5. The summed E-state index contributed by atoms with van der Waals surface area (Å²) in [7, 11) is 2.18. The second-order valence-corrected chi connectivity index (χ2v) is 6.70. The van der Waals surface area contributed by atoms with Crippen LogP contribution in [0.15, 0.2) is 0 Å². The minimum absolute atomic E-state index is 0.259. The molecule has 3 heterocycles. The minimum Gasteiger partial charge on any atom is -0.311 e. The maximum atomic E-state index is 14.9. The number of nitrogens with one attached hydrogen (secondary N) is 1. The molecular weight excluding hydrogens is 215 g/mol. The Hall–Kier alpha value is -0.150. The molecule has 2 nitrogen and oxygen atoms in total. The molecule has 0 aliphatic carbocycles. The molecule has 3 heteroatoms. The lowest BCUT2D eigenvalue weighted by molar-refractivity contribution is -0.0148. The lowest BCUT2D eigenvalue weighted by atomic mass is 9.69. The van der Waals surface area contributed by atoms with Crippen LogP contribution in [0.4, 0.5) is 4.39 Å². The summed E-state index contributed by atoms with van der Waals surface area (Å²) in [6.45, 7) is 4.16. The standard InChI is InChI=1S/C14H25FN2/c1-14(15)9-11-3-4-12(16-11)13(14)10-5-7-17(2)8-6-10/h10-13,16H,3-9H2,1-2H3. The van der Waals surface area contributed by atoms with Crippen LogP contribution in [0.1, 0.15) is 39.0 Å². The van der Waals surface area contributed by atoms with Gasteiger partial charge in [0.15, 0.2) is 0 Å². The predicted molar refractivity (Wildman–Crippen MR) is 67.8 cm³/mol. The molecule has 3 saturated heterocycles. The van der Waals surface area contributed by atoms with Crippen LogP contribution >= 0.6 is 0 Å². The Morgan fingerprint density at radius 2 is 1.88 bits per heavy atom. The number of likely N-dealkylation sites (tertiary alicyclic amines) is 1. The van der Waals surface area contributed by atoms with Gasteiger partial charge < -0.3 is 10.2 Å². The predicted octanol–water partition coefficient (Wildman–Crippen LogP) is 2.20. The van der Waals surface area contributed by atoms with E-state index in [9.17, 15) is 4.39 Å². The zero-order chi connectivity index (χ0) is 12.0. The van der Waals surface area contributed by atoms with Crippen LogP contribution in [0.3, 0.4) is 0 Å². The first kappa shape index (κ1) is 11.9. The van der Waals surface area contributed by atoms with E-state index in [1.165, 1.54) is 25.7 Å². The Labute approximate surface area is 104 Å². The summed E-state index contributed by atoms with van der Waals surface area (Å²) in [5.74, 6) is 0.854. The first-order valence-corrected chi connectivity index (χ1v) is 7.20. The van der Waals surface area contributed by atoms with E-state index >= 15 is 0 Å². The van der Waals surface area contributed by atoms with Gasteiger partial charge in [0.1, 0.15) is 5.67 Å². The Morgan fingerprint density at radius 3 is 2.59 bits per heavy atom. The van der Waals surface area contributed by atoms with E-state index in [0.717, 1.165) is 19.5 Å². The van der Waals surface area contributed by atoms with Gasteiger partial charge in [0.25, 0.3) is 0 Å². The van der Waals surface area contributed by atoms with Gasteiger partial charge in [-0.15, -0.1) is 0 Å². The number of halogens is 1. The maximum absolute atomic E-state index is 14.9. The molecule has 0 saturated carbocycles. The van der Waals surface area contributed by atoms with Crippen molar-refractivity contribution in [1.29, 1.82) is 0 Å². The number of fused-ring (bicyclic) bond motifs is 2. The molecule has 0 radical (unpaired) electrons. The van der Waals surface area contributed by atoms with Gasteiger partial charge in [0.2, 0.25) is 0 Å². The number of alkyl halides is 1. The summed E-state index contributed by atoms with van der Waals surface area (Å²) in [5, 5.41) is 3.65. The van der Waals surface area contributed by atoms with E-state index in [-0.39, 0.29) is 5.92 Å². The lowest BCUT2D eigenvalue weighted by Gasteiger charge is -2.46. The van der Waals surface area contributed by atoms with Gasteiger partial charge in [-0.05, 0) is 65.1 Å². The Balaban J connectivity index is 1.75. The number of hydrogen-bond donors (Lipinski definition) is 1. The third-order valence-electron chi connectivity index (χ3n) is 5.32. The fourth-order valence-corrected chi connectivity index (χ4v) is 4.54. The zero-order valence-electron chi connectivity index (χ0n) is 11.1. The molecular formula is C14H25FN2. The number of piperidine rings is 2. The molecule has 1 N–H and O–H groups in total. The molecule has 3 aliphatic heterocycles. The van der Waals surface area contributed by atoms with Crippen LogP contribution in [-0.2, 0) is 0 Å². The summed E-state index contributed by atoms with van der Waals surface area (Å²) >= 11 is 0. The zero-order valence-corrected chi connectivity index (χ0v) is 11.1. The molecule has 17 heavy (non-hydrogen) atoms. The van der Waals surface area contributed by atoms with Crippen molar-refractivity contribution in [2.24, 2.45) is 11.8 Å². The van der Waals surface area contributed by atoms with Gasteiger partial charge in [-0.1, -0.05) is 0 Å². The maximum Gasteiger partial charge on any atom is 0.114 e. The average Bonchev–Trinajstić information content (AvgIpc) is 2.63. The Kier molecular flexibility index (Phi) is 2.94. The van der Waals surface area contributed by atoms with Crippen LogP contribution < -0.4 is 5.32 Å². The van der Waals surface area contributed by atoms with Gasteiger partial charge >= 0.3 is 0 Å². The molecule has 98 valence electrons. The van der Waals surface area contributed by atoms with Crippen molar-refractivity contribution in [1.82, 2.24) is 10.2 Å². The number of nitrogens with zero attached hydrogens (tertiary/aromatic N) is 1. The van der Waals surface area contributed by atoms with Crippen LogP contribution in [0.2, 0.25) is 0 Å². The van der Waals surface area contributed by atoms with E-state index in [1.54, 1.807) is 0 Å². The fraction of sp³-hybridized carbons (Fsp3) is 1.00. The van der Waals surface area contributed by atoms with E-state index in [4.69, 9.17) is 0 Å². The molecule has 0 aromatic carbocycles. The van der Waals surface area contributed by atoms with E-state index in [1.807, 2.05) is 6.92 Å². The second-order valence-electron chi connectivity index (χ2n) is 6.70. The third-order valence-corrected chi connectivity index (χ3v) is 5.32. The van der Waals surface area contributed by atoms with Crippen LogP contribution in [-0.4, -0.2) is 42.8 Å². The molecule has 3 rings (SSSR count). The molecule has 4 atom stereocenters. The van der Waals surface area contributed by atoms with E-state index < -0.39 is 5.67 Å². The summed E-state index contributed by atoms with van der Waals surface area (Å²) in [5.41, 5.74) is -0.933. The fourth-order valence-electron chi connectivity index (χ4n) is 4.54.